The fraction of sp³-hybridized carbons (Fsp3) is 0.867. The zero-order valence-electron chi connectivity index (χ0n) is 25.6. The van der Waals surface area contributed by atoms with E-state index in [1.54, 1.807) is 11.8 Å². The summed E-state index contributed by atoms with van der Waals surface area (Å²) in [6.45, 7) is 5.69. The van der Waals surface area contributed by atoms with Crippen molar-refractivity contribution in [2.75, 3.05) is 65.6 Å². The van der Waals surface area contributed by atoms with E-state index in [-0.39, 0.29) is 61.1 Å². The third-order valence-corrected chi connectivity index (χ3v) is 10.4. The van der Waals surface area contributed by atoms with Crippen LogP contribution in [0.4, 0.5) is 0 Å². The van der Waals surface area contributed by atoms with Crippen LogP contribution in [0.2, 0.25) is 0 Å². The molecule has 0 aromatic carbocycles. The second-order valence-electron chi connectivity index (χ2n) is 13.3. The van der Waals surface area contributed by atoms with E-state index in [9.17, 15) is 29.4 Å². The summed E-state index contributed by atoms with van der Waals surface area (Å²) >= 11 is 0. The first-order valence-electron chi connectivity index (χ1n) is 16.3. The Morgan fingerprint density at radius 2 is 1.59 bits per heavy atom. The summed E-state index contributed by atoms with van der Waals surface area (Å²) in [5.74, 6) is -0.603. The molecule has 0 unspecified atom stereocenters. The van der Waals surface area contributed by atoms with Gasteiger partial charge in [-0.1, -0.05) is 0 Å². The summed E-state index contributed by atoms with van der Waals surface area (Å²) in [6, 6.07) is -0.594. The van der Waals surface area contributed by atoms with Crippen molar-refractivity contribution in [1.82, 2.24) is 24.9 Å². The van der Waals surface area contributed by atoms with Crippen LogP contribution in [-0.2, 0) is 33.4 Å². The quantitative estimate of drug-likeness (QED) is 0.313. The molecule has 6 heterocycles. The molecule has 3 N–H and O–H groups in total. The van der Waals surface area contributed by atoms with Crippen molar-refractivity contribution in [1.29, 1.82) is 0 Å². The van der Waals surface area contributed by atoms with Gasteiger partial charge < -0.3 is 44.4 Å². The molecule has 6 aliphatic rings. The van der Waals surface area contributed by atoms with Gasteiger partial charge in [-0.15, -0.1) is 0 Å². The maximum absolute atomic E-state index is 14.1. The Bertz CT molecular complexity index is 1080. The van der Waals surface area contributed by atoms with Gasteiger partial charge >= 0.3 is 0 Å². The second-order valence-corrected chi connectivity index (χ2v) is 13.3. The minimum atomic E-state index is -1.27. The molecule has 14 heteroatoms. The van der Waals surface area contributed by atoms with Gasteiger partial charge in [0.25, 0.3) is 0 Å². The lowest BCUT2D eigenvalue weighted by Gasteiger charge is -2.42. The second kappa shape index (κ2) is 13.6. The van der Waals surface area contributed by atoms with Crippen molar-refractivity contribution in [2.45, 2.75) is 94.1 Å². The first-order chi connectivity index (χ1) is 21.2. The number of hydrogen-bond donors (Lipinski definition) is 3. The van der Waals surface area contributed by atoms with Crippen LogP contribution in [0, 0.1) is 5.92 Å². The maximum Gasteiger partial charge on any atom is 0.240 e. The highest BCUT2D eigenvalue weighted by Crippen LogP contribution is 2.30. The molecule has 0 aromatic heterocycles. The first kappa shape index (κ1) is 31.6. The number of amides is 4. The van der Waals surface area contributed by atoms with Gasteiger partial charge in [0, 0.05) is 84.0 Å². The molecule has 6 fully saturated rings. The molecular weight excluding hydrogens is 574 g/mol. The van der Waals surface area contributed by atoms with Gasteiger partial charge in [0.1, 0.15) is 18.3 Å². The number of carbonyl (C=O) groups excluding carboxylic acids is 4. The van der Waals surface area contributed by atoms with Crippen molar-refractivity contribution < 1.29 is 43.6 Å². The summed E-state index contributed by atoms with van der Waals surface area (Å²) < 4.78 is 17.6. The van der Waals surface area contributed by atoms with Crippen LogP contribution in [-0.4, -0.2) is 168 Å². The molecule has 0 aromatic rings. The van der Waals surface area contributed by atoms with E-state index in [2.05, 4.69) is 10.2 Å². The Morgan fingerprint density at radius 3 is 2.32 bits per heavy atom. The van der Waals surface area contributed by atoms with E-state index < -0.39 is 36.6 Å². The summed E-state index contributed by atoms with van der Waals surface area (Å²) in [4.78, 5) is 60.5. The number of ether oxygens (including phenoxy) is 3. The van der Waals surface area contributed by atoms with Crippen LogP contribution in [0.25, 0.3) is 0 Å². The van der Waals surface area contributed by atoms with Crippen molar-refractivity contribution in [3.8, 4) is 0 Å². The van der Waals surface area contributed by atoms with Crippen LogP contribution < -0.4 is 5.32 Å². The van der Waals surface area contributed by atoms with Crippen molar-refractivity contribution in [2.24, 2.45) is 5.92 Å². The molecule has 0 aliphatic carbocycles. The Hall–Kier alpha value is -2.36. The fourth-order valence-electron chi connectivity index (χ4n) is 7.90. The lowest BCUT2D eigenvalue weighted by molar-refractivity contribution is -0.150. The Labute approximate surface area is 257 Å². The molecule has 6 rings (SSSR count). The van der Waals surface area contributed by atoms with E-state index in [0.717, 1.165) is 12.8 Å². The number of aliphatic hydroxyl groups is 2. The zero-order valence-corrected chi connectivity index (χ0v) is 25.6. The van der Waals surface area contributed by atoms with Gasteiger partial charge in [-0.25, -0.2) is 0 Å². The molecule has 246 valence electrons. The van der Waals surface area contributed by atoms with Gasteiger partial charge in [0.15, 0.2) is 0 Å². The standard InChI is InChI=1S/C30H47N5O9/c1-18(36)32-6-2-21(3-7-32)35-14-20-12-23(35)30(41)33-8-11-43-22(15-33)16-34(29(40)19-4-9-42-10-5-19)17-25-28(39)27(38)24(44-25)13-26(37)31-20/h19-25,27-28,38-39H,2-17H2,1H3,(H,31,37)/t20-,22-,23-,24-,25+,27-,28+/m0/s1. The topological polar surface area (TPSA) is 161 Å². The highest BCUT2D eigenvalue weighted by Gasteiger charge is 2.48. The van der Waals surface area contributed by atoms with Crippen molar-refractivity contribution >= 4 is 23.6 Å². The molecule has 14 nitrogen and oxygen atoms in total. The van der Waals surface area contributed by atoms with E-state index in [4.69, 9.17) is 14.2 Å². The minimum absolute atomic E-state index is 0.00677. The lowest BCUT2D eigenvalue weighted by Crippen LogP contribution is -2.57. The number of nitrogens with one attached hydrogen (secondary N) is 1. The normalized spacial score (nSPS) is 36.9. The van der Waals surface area contributed by atoms with Gasteiger partial charge in [-0.3, -0.25) is 24.1 Å². The SMILES string of the molecule is CC(=O)N1CCC(N2C[C@@H]3C[C@H]2C(=O)N2CCO[C@H](CN(C(=O)C4CCOCC4)C[C@H]4O[C@@H](CC(=O)N3)[C@H](O)[C@@H]4O)C2)CC1. The number of piperidine rings is 1. The number of rotatable bonds is 2. The molecule has 6 bridgehead atoms. The number of aliphatic hydroxyl groups excluding tert-OH is 2. The van der Waals surface area contributed by atoms with E-state index >= 15 is 0 Å². The molecular formula is C30H47N5O9. The number of hydrogen-bond acceptors (Lipinski definition) is 10. The summed E-state index contributed by atoms with van der Waals surface area (Å²) in [6.07, 6.45) is -1.75. The molecule has 4 amide bonds. The van der Waals surface area contributed by atoms with Gasteiger partial charge in [-0.2, -0.15) is 0 Å². The van der Waals surface area contributed by atoms with Crippen molar-refractivity contribution in [3.63, 3.8) is 0 Å². The third kappa shape index (κ3) is 6.75. The lowest BCUT2D eigenvalue weighted by atomic mass is 9.97. The van der Waals surface area contributed by atoms with E-state index in [1.165, 1.54) is 0 Å². The highest BCUT2D eigenvalue weighted by atomic mass is 16.5. The molecule has 7 atom stereocenters. The first-order valence-corrected chi connectivity index (χ1v) is 16.3. The number of carbonyl (C=O) groups is 4. The molecule has 0 spiro atoms. The summed E-state index contributed by atoms with van der Waals surface area (Å²) in [5.41, 5.74) is 0. The zero-order chi connectivity index (χ0) is 31.0. The summed E-state index contributed by atoms with van der Waals surface area (Å²) in [7, 11) is 0. The fourth-order valence-corrected chi connectivity index (χ4v) is 7.90. The highest BCUT2D eigenvalue weighted by molar-refractivity contribution is 5.83. The van der Waals surface area contributed by atoms with E-state index in [1.807, 2.05) is 9.80 Å². The van der Waals surface area contributed by atoms with Gasteiger partial charge in [0.05, 0.1) is 31.3 Å². The Balaban J connectivity index is 1.24. The average Bonchev–Trinajstić information content (AvgIpc) is 3.56. The van der Waals surface area contributed by atoms with Crippen LogP contribution in [0.15, 0.2) is 0 Å². The maximum atomic E-state index is 14.1. The Kier molecular flexibility index (Phi) is 9.74. The Morgan fingerprint density at radius 1 is 0.864 bits per heavy atom. The predicted molar refractivity (Wildman–Crippen MR) is 154 cm³/mol. The molecule has 6 saturated heterocycles. The van der Waals surface area contributed by atoms with Gasteiger partial charge in [-0.05, 0) is 32.1 Å². The largest absolute Gasteiger partial charge is 0.388 e. The van der Waals surface area contributed by atoms with Crippen LogP contribution in [0.1, 0.15) is 45.4 Å². The van der Waals surface area contributed by atoms with Crippen molar-refractivity contribution in [3.05, 3.63) is 0 Å². The third-order valence-electron chi connectivity index (χ3n) is 10.4. The number of nitrogens with zero attached hydrogens (tertiary/aromatic N) is 4. The predicted octanol–water partition coefficient (Wildman–Crippen LogP) is -2.07. The summed E-state index contributed by atoms with van der Waals surface area (Å²) in [5, 5.41) is 24.8. The number of morpholine rings is 1. The monoisotopic (exact) mass is 621 g/mol. The molecule has 44 heavy (non-hydrogen) atoms. The van der Waals surface area contributed by atoms with Crippen LogP contribution >= 0.6 is 0 Å². The smallest absolute Gasteiger partial charge is 0.240 e. The molecule has 6 aliphatic heterocycles. The van der Waals surface area contributed by atoms with E-state index in [0.29, 0.717) is 71.8 Å². The number of fused-ring (bicyclic) bond motifs is 6. The molecule has 0 saturated carbocycles. The van der Waals surface area contributed by atoms with Gasteiger partial charge in [0.2, 0.25) is 23.6 Å². The van der Waals surface area contributed by atoms with Crippen LogP contribution in [0.3, 0.4) is 0 Å². The minimum Gasteiger partial charge on any atom is -0.388 e. The number of likely N-dealkylation sites (tertiary alicyclic amines) is 2. The molecule has 0 radical (unpaired) electrons. The van der Waals surface area contributed by atoms with Crippen LogP contribution in [0.5, 0.6) is 0 Å². The average molecular weight is 622 g/mol.